The van der Waals surface area contributed by atoms with Gasteiger partial charge in [0.2, 0.25) is 0 Å². The molecule has 112 valence electrons. The highest BCUT2D eigenvalue weighted by Crippen LogP contribution is 2.37. The van der Waals surface area contributed by atoms with Crippen LogP contribution in [-0.2, 0) is 9.05 Å². The normalized spacial score (nSPS) is 21.9. The highest BCUT2D eigenvalue weighted by molar-refractivity contribution is 8.13. The maximum Gasteiger partial charge on any atom is 0.287 e. The van der Waals surface area contributed by atoms with Gasteiger partial charge in [0.15, 0.2) is 5.76 Å². The highest BCUT2D eigenvalue weighted by Gasteiger charge is 2.32. The van der Waals surface area contributed by atoms with Gasteiger partial charge in [0, 0.05) is 22.8 Å². The monoisotopic (exact) mass is 319 g/mol. The van der Waals surface area contributed by atoms with E-state index in [0.29, 0.717) is 0 Å². The van der Waals surface area contributed by atoms with Crippen LogP contribution in [0.5, 0.6) is 0 Å². The summed E-state index contributed by atoms with van der Waals surface area (Å²) in [6.45, 7) is 5.79. The predicted molar refractivity (Wildman–Crippen MR) is 75.4 cm³/mol. The van der Waals surface area contributed by atoms with Gasteiger partial charge >= 0.3 is 0 Å². The zero-order valence-corrected chi connectivity index (χ0v) is 13.3. The summed E-state index contributed by atoms with van der Waals surface area (Å²) in [7, 11) is 1.38. The third-order valence-electron chi connectivity index (χ3n) is 3.66. The van der Waals surface area contributed by atoms with Gasteiger partial charge in [0.05, 0.1) is 0 Å². The minimum Gasteiger partial charge on any atom is -0.455 e. The molecule has 0 aliphatic heterocycles. The molecule has 1 fully saturated rings. The largest absolute Gasteiger partial charge is 0.455 e. The molecule has 0 spiro atoms. The lowest BCUT2D eigenvalue weighted by Crippen LogP contribution is -2.33. The molecule has 0 aromatic carbocycles. The van der Waals surface area contributed by atoms with E-state index in [1.54, 1.807) is 0 Å². The number of carbonyl (C=O) groups excluding carboxylic acids is 1. The maximum atomic E-state index is 12.1. The Morgan fingerprint density at radius 2 is 2.15 bits per heavy atom. The lowest BCUT2D eigenvalue weighted by atomic mass is 9.92. The molecule has 1 N–H and O–H groups in total. The molecule has 0 bridgehead atoms. The first-order valence-electron chi connectivity index (χ1n) is 6.44. The fourth-order valence-corrected chi connectivity index (χ4v) is 3.73. The van der Waals surface area contributed by atoms with Crippen molar-refractivity contribution >= 4 is 25.6 Å². The molecule has 2 rings (SSSR count). The number of rotatable bonds is 3. The molecule has 1 aliphatic rings. The Bertz CT molecular complexity index is 633. The van der Waals surface area contributed by atoms with Gasteiger partial charge < -0.3 is 9.73 Å². The third-order valence-corrected chi connectivity index (χ3v) is 5.09. The summed E-state index contributed by atoms with van der Waals surface area (Å²) < 4.78 is 27.8. The Hall–Kier alpha value is -1.01. The van der Waals surface area contributed by atoms with Crippen molar-refractivity contribution in [2.75, 3.05) is 0 Å². The van der Waals surface area contributed by atoms with Crippen molar-refractivity contribution in [2.24, 2.45) is 5.41 Å². The Labute approximate surface area is 123 Å². The highest BCUT2D eigenvalue weighted by atomic mass is 35.7. The molecule has 1 atom stereocenters. The first-order chi connectivity index (χ1) is 9.08. The molecule has 0 radical (unpaired) electrons. The summed E-state index contributed by atoms with van der Waals surface area (Å²) >= 11 is 0. The molecule has 1 unspecified atom stereocenters. The molecule has 1 aromatic heterocycles. The molecule has 0 saturated heterocycles. The fraction of sp³-hybridized carbons (Fsp3) is 0.615. The van der Waals surface area contributed by atoms with Gasteiger partial charge in [-0.05, 0) is 31.6 Å². The van der Waals surface area contributed by atoms with E-state index in [9.17, 15) is 13.2 Å². The van der Waals surface area contributed by atoms with Crippen LogP contribution in [0.2, 0.25) is 0 Å². The van der Waals surface area contributed by atoms with E-state index in [2.05, 4.69) is 19.2 Å². The van der Waals surface area contributed by atoms with E-state index in [-0.39, 0.29) is 27.9 Å². The molecule has 20 heavy (non-hydrogen) atoms. The Kier molecular flexibility index (Phi) is 3.90. The van der Waals surface area contributed by atoms with Crippen molar-refractivity contribution in [3.8, 4) is 0 Å². The Morgan fingerprint density at radius 3 is 2.60 bits per heavy atom. The SMILES string of the molecule is Cc1oc(C(=O)NC2CCC(C)(C)C2)cc1S(=O)(=O)Cl. The number of furan rings is 1. The van der Waals surface area contributed by atoms with Crippen molar-refractivity contribution in [1.29, 1.82) is 0 Å². The summed E-state index contributed by atoms with van der Waals surface area (Å²) in [4.78, 5) is 11.9. The second kappa shape index (κ2) is 5.07. The molecular weight excluding hydrogens is 302 g/mol. The molecular formula is C13H18ClNO4S. The van der Waals surface area contributed by atoms with E-state index in [4.69, 9.17) is 15.1 Å². The van der Waals surface area contributed by atoms with Crippen LogP contribution in [0.15, 0.2) is 15.4 Å². The standard InChI is InChI=1S/C13H18ClNO4S/c1-8-11(20(14,17)18)6-10(19-8)12(16)15-9-4-5-13(2,3)7-9/h6,9H,4-5,7H2,1-3H3,(H,15,16). The summed E-state index contributed by atoms with van der Waals surface area (Å²) in [6, 6.07) is 1.27. The Morgan fingerprint density at radius 1 is 1.50 bits per heavy atom. The van der Waals surface area contributed by atoms with Crippen molar-refractivity contribution in [3.05, 3.63) is 17.6 Å². The lowest BCUT2D eigenvalue weighted by Gasteiger charge is -2.17. The topological polar surface area (TPSA) is 76.4 Å². The van der Waals surface area contributed by atoms with Crippen LogP contribution in [-0.4, -0.2) is 20.4 Å². The second-order valence-electron chi connectivity index (χ2n) is 6.05. The number of aryl methyl sites for hydroxylation is 1. The number of amides is 1. The zero-order chi connectivity index (χ0) is 15.1. The van der Waals surface area contributed by atoms with Crippen molar-refractivity contribution in [1.82, 2.24) is 5.32 Å². The zero-order valence-electron chi connectivity index (χ0n) is 11.7. The smallest absolute Gasteiger partial charge is 0.287 e. The van der Waals surface area contributed by atoms with Crippen LogP contribution in [0, 0.1) is 12.3 Å². The van der Waals surface area contributed by atoms with E-state index in [1.165, 1.54) is 13.0 Å². The number of nitrogens with one attached hydrogen (secondary N) is 1. The van der Waals surface area contributed by atoms with Crippen LogP contribution >= 0.6 is 10.7 Å². The van der Waals surface area contributed by atoms with E-state index in [0.717, 1.165) is 19.3 Å². The molecule has 7 heteroatoms. The Balaban J connectivity index is 2.11. The summed E-state index contributed by atoms with van der Waals surface area (Å²) in [6.07, 6.45) is 2.87. The van der Waals surface area contributed by atoms with Gasteiger partial charge in [-0.15, -0.1) is 0 Å². The molecule has 1 aromatic rings. The summed E-state index contributed by atoms with van der Waals surface area (Å²) in [5.41, 5.74) is 0.224. The van der Waals surface area contributed by atoms with Gasteiger partial charge in [-0.1, -0.05) is 13.8 Å². The van der Waals surface area contributed by atoms with Crippen LogP contribution < -0.4 is 5.32 Å². The second-order valence-corrected chi connectivity index (χ2v) is 8.58. The number of hydrogen-bond acceptors (Lipinski definition) is 4. The van der Waals surface area contributed by atoms with E-state index < -0.39 is 15.0 Å². The average molecular weight is 320 g/mol. The van der Waals surface area contributed by atoms with Gasteiger partial charge in [0.25, 0.3) is 15.0 Å². The predicted octanol–water partition coefficient (Wildman–Crippen LogP) is 2.82. The number of halogens is 1. The minimum absolute atomic E-state index is 0.0218. The van der Waals surface area contributed by atoms with Gasteiger partial charge in [0.1, 0.15) is 10.7 Å². The molecule has 1 heterocycles. The van der Waals surface area contributed by atoms with Crippen molar-refractivity contribution < 1.29 is 17.6 Å². The van der Waals surface area contributed by atoms with Crippen LogP contribution in [0.1, 0.15) is 49.4 Å². The fourth-order valence-electron chi connectivity index (χ4n) is 2.64. The first-order valence-corrected chi connectivity index (χ1v) is 8.75. The van der Waals surface area contributed by atoms with E-state index >= 15 is 0 Å². The molecule has 1 saturated carbocycles. The molecule has 1 amide bonds. The van der Waals surface area contributed by atoms with E-state index in [1.807, 2.05) is 0 Å². The number of carbonyl (C=O) groups is 1. The van der Waals surface area contributed by atoms with Gasteiger partial charge in [-0.3, -0.25) is 4.79 Å². The van der Waals surface area contributed by atoms with Crippen molar-refractivity contribution in [3.63, 3.8) is 0 Å². The summed E-state index contributed by atoms with van der Waals surface area (Å²) in [5, 5.41) is 2.87. The maximum absolute atomic E-state index is 12.1. The van der Waals surface area contributed by atoms with Crippen LogP contribution in [0.25, 0.3) is 0 Å². The van der Waals surface area contributed by atoms with Crippen LogP contribution in [0.4, 0.5) is 0 Å². The lowest BCUT2D eigenvalue weighted by molar-refractivity contribution is 0.0906. The molecule has 5 nitrogen and oxygen atoms in total. The van der Waals surface area contributed by atoms with Crippen LogP contribution in [0.3, 0.4) is 0 Å². The van der Waals surface area contributed by atoms with Gasteiger partial charge in [-0.2, -0.15) is 0 Å². The van der Waals surface area contributed by atoms with Gasteiger partial charge in [-0.25, -0.2) is 8.42 Å². The minimum atomic E-state index is -3.89. The first kappa shape index (κ1) is 15.4. The third kappa shape index (κ3) is 3.35. The summed E-state index contributed by atoms with van der Waals surface area (Å²) in [5.74, 6) is -0.300. The average Bonchev–Trinajstić information content (AvgIpc) is 2.81. The quantitative estimate of drug-likeness (QED) is 0.869. The van der Waals surface area contributed by atoms with Crippen molar-refractivity contribution in [2.45, 2.75) is 51.0 Å². The molecule has 1 aliphatic carbocycles. The number of hydrogen-bond donors (Lipinski definition) is 1.